The summed E-state index contributed by atoms with van der Waals surface area (Å²) in [6, 6.07) is 13.4. The van der Waals surface area contributed by atoms with Crippen molar-refractivity contribution in [3.8, 4) is 0 Å². The number of nitro benzene ring substituents is 2. The number of anilines is 2. The van der Waals surface area contributed by atoms with Crippen molar-refractivity contribution in [1.29, 1.82) is 0 Å². The molecule has 0 saturated carbocycles. The van der Waals surface area contributed by atoms with Crippen LogP contribution in [-0.4, -0.2) is 16.0 Å². The maximum Gasteiger partial charge on any atom is 0.395 e. The highest BCUT2D eigenvalue weighted by Gasteiger charge is 2.41. The third-order valence-corrected chi connectivity index (χ3v) is 4.55. The third-order valence-electron chi connectivity index (χ3n) is 4.55. The molecule has 0 saturated heterocycles. The summed E-state index contributed by atoms with van der Waals surface area (Å²) >= 11 is 0. The van der Waals surface area contributed by atoms with Crippen molar-refractivity contribution in [3.63, 3.8) is 0 Å². The summed E-state index contributed by atoms with van der Waals surface area (Å²) in [6.45, 7) is 0.803. The zero-order chi connectivity index (χ0) is 21.3. The number of nitrogens with one attached hydrogen (secondary N) is 1. The van der Waals surface area contributed by atoms with Crippen LogP contribution < -0.4 is 5.32 Å². The second kappa shape index (κ2) is 7.38. The van der Waals surface area contributed by atoms with E-state index in [-0.39, 0.29) is 0 Å². The number of rotatable bonds is 5. The van der Waals surface area contributed by atoms with Gasteiger partial charge in [0.05, 0.1) is 21.8 Å². The molecule has 0 radical (unpaired) electrons. The minimum atomic E-state index is -4.75. The molecule has 7 nitrogen and oxygen atoms in total. The highest BCUT2D eigenvalue weighted by molar-refractivity contribution is 5.96. The Morgan fingerprint density at radius 2 is 1.62 bits per heavy atom. The van der Waals surface area contributed by atoms with Crippen molar-refractivity contribution >= 4 is 33.5 Å². The van der Waals surface area contributed by atoms with E-state index in [9.17, 15) is 33.4 Å². The van der Waals surface area contributed by atoms with Crippen LogP contribution in [0.3, 0.4) is 0 Å². The number of hydrogen-bond donors (Lipinski definition) is 1. The lowest BCUT2D eigenvalue weighted by Crippen LogP contribution is -2.19. The van der Waals surface area contributed by atoms with E-state index in [1.54, 1.807) is 42.5 Å². The number of halogens is 3. The van der Waals surface area contributed by atoms with E-state index < -0.39 is 44.6 Å². The van der Waals surface area contributed by atoms with Gasteiger partial charge in [0.1, 0.15) is 5.69 Å². The van der Waals surface area contributed by atoms with Gasteiger partial charge in [-0.3, -0.25) is 20.2 Å². The Kier molecular flexibility index (Phi) is 5.10. The first kappa shape index (κ1) is 20.1. The van der Waals surface area contributed by atoms with E-state index in [0.29, 0.717) is 17.1 Å². The maximum atomic E-state index is 13.4. The molecule has 1 N–H and O–H groups in total. The molecule has 0 spiro atoms. The normalized spacial score (nSPS) is 12.6. The Bertz CT molecular complexity index is 1110. The minimum Gasteiger partial charge on any atom is -0.349 e. The first-order valence-corrected chi connectivity index (χ1v) is 8.38. The largest absolute Gasteiger partial charge is 0.395 e. The molecular weight excluding hydrogens is 391 g/mol. The van der Waals surface area contributed by atoms with Gasteiger partial charge < -0.3 is 5.32 Å². The van der Waals surface area contributed by atoms with E-state index in [1.165, 1.54) is 0 Å². The molecule has 0 bridgehead atoms. The Balaban J connectivity index is 2.27. The molecule has 3 rings (SSSR count). The van der Waals surface area contributed by atoms with Gasteiger partial charge in [0, 0.05) is 22.7 Å². The van der Waals surface area contributed by atoms with Gasteiger partial charge in [-0.25, -0.2) is 0 Å². The van der Waals surface area contributed by atoms with Crippen LogP contribution in [0, 0.1) is 20.2 Å². The first-order chi connectivity index (χ1) is 13.6. The number of alkyl halides is 3. The van der Waals surface area contributed by atoms with Crippen LogP contribution in [0.15, 0.2) is 54.6 Å². The van der Waals surface area contributed by atoms with Crippen molar-refractivity contribution in [2.24, 2.45) is 0 Å². The van der Waals surface area contributed by atoms with Gasteiger partial charge in [-0.1, -0.05) is 36.4 Å². The molecular formula is C19H14F3N3O4. The summed E-state index contributed by atoms with van der Waals surface area (Å²) in [5.74, 6) is -2.17. The van der Waals surface area contributed by atoms with E-state index in [0.717, 1.165) is 18.4 Å². The standard InChI is InChI=1S/C19H14F3N3O4/c1-11(19(20,21)22)15-9-13(24(26)27)10-17(25(28)29)18(15)23-16-8-4-6-12-5-2-3-7-14(12)16/h2-11,23H,1H3. The number of hydrogen-bond acceptors (Lipinski definition) is 5. The number of nitrogens with zero attached hydrogens (tertiary/aromatic N) is 2. The predicted molar refractivity (Wildman–Crippen MR) is 101 cm³/mol. The molecule has 0 heterocycles. The van der Waals surface area contributed by atoms with Crippen LogP contribution in [0.5, 0.6) is 0 Å². The van der Waals surface area contributed by atoms with Crippen LogP contribution in [0.1, 0.15) is 18.4 Å². The lowest BCUT2D eigenvalue weighted by atomic mass is 9.96. The van der Waals surface area contributed by atoms with E-state index in [1.807, 2.05) is 0 Å². The fraction of sp³-hybridized carbons (Fsp3) is 0.158. The molecule has 0 fully saturated rings. The summed E-state index contributed by atoms with van der Waals surface area (Å²) in [5.41, 5.74) is -2.26. The van der Waals surface area contributed by atoms with Gasteiger partial charge in [0.25, 0.3) is 11.4 Å². The highest BCUT2D eigenvalue weighted by Crippen LogP contribution is 2.45. The lowest BCUT2D eigenvalue weighted by molar-refractivity contribution is -0.393. The summed E-state index contributed by atoms with van der Waals surface area (Å²) in [4.78, 5) is 20.8. The second-order valence-electron chi connectivity index (χ2n) is 6.36. The maximum absolute atomic E-state index is 13.4. The lowest BCUT2D eigenvalue weighted by Gasteiger charge is -2.20. The topological polar surface area (TPSA) is 98.3 Å². The first-order valence-electron chi connectivity index (χ1n) is 8.38. The molecule has 0 aliphatic rings. The van der Waals surface area contributed by atoms with Gasteiger partial charge in [-0.15, -0.1) is 0 Å². The summed E-state index contributed by atoms with van der Waals surface area (Å²) < 4.78 is 40.2. The third kappa shape index (κ3) is 3.96. The molecule has 1 unspecified atom stereocenters. The average Bonchev–Trinajstić information content (AvgIpc) is 2.66. The van der Waals surface area contributed by atoms with Gasteiger partial charge in [-0.05, 0) is 18.4 Å². The molecule has 150 valence electrons. The monoisotopic (exact) mass is 405 g/mol. The molecule has 3 aromatic carbocycles. The van der Waals surface area contributed by atoms with Gasteiger partial charge >= 0.3 is 6.18 Å². The number of non-ortho nitro benzene ring substituents is 1. The molecule has 1 atom stereocenters. The quantitative estimate of drug-likeness (QED) is 0.411. The Labute approximate surface area is 162 Å². The smallest absolute Gasteiger partial charge is 0.349 e. The van der Waals surface area contributed by atoms with Crippen molar-refractivity contribution < 1.29 is 23.0 Å². The molecule has 0 amide bonds. The van der Waals surface area contributed by atoms with Crippen molar-refractivity contribution in [1.82, 2.24) is 0 Å². The number of fused-ring (bicyclic) bond motifs is 1. The van der Waals surface area contributed by atoms with Crippen LogP contribution in [0.4, 0.5) is 35.9 Å². The van der Waals surface area contributed by atoms with E-state index in [4.69, 9.17) is 0 Å². The van der Waals surface area contributed by atoms with E-state index >= 15 is 0 Å². The molecule has 29 heavy (non-hydrogen) atoms. The minimum absolute atomic E-state index is 0.343. The van der Waals surface area contributed by atoms with E-state index in [2.05, 4.69) is 5.32 Å². The van der Waals surface area contributed by atoms with Crippen LogP contribution in [0.25, 0.3) is 10.8 Å². The van der Waals surface area contributed by atoms with Gasteiger partial charge in [-0.2, -0.15) is 13.2 Å². The van der Waals surface area contributed by atoms with Crippen LogP contribution in [-0.2, 0) is 0 Å². The fourth-order valence-corrected chi connectivity index (χ4v) is 3.01. The van der Waals surface area contributed by atoms with Crippen molar-refractivity contribution in [2.45, 2.75) is 19.0 Å². The molecule has 0 aliphatic heterocycles. The van der Waals surface area contributed by atoms with Crippen LogP contribution >= 0.6 is 0 Å². The summed E-state index contributed by atoms with van der Waals surface area (Å²) in [7, 11) is 0. The molecule has 0 aliphatic carbocycles. The van der Waals surface area contributed by atoms with Crippen molar-refractivity contribution in [3.05, 3.63) is 80.4 Å². The zero-order valence-electron chi connectivity index (χ0n) is 14.9. The Morgan fingerprint density at radius 3 is 2.24 bits per heavy atom. The Hall–Kier alpha value is -3.69. The van der Waals surface area contributed by atoms with Crippen LogP contribution in [0.2, 0.25) is 0 Å². The molecule has 0 aromatic heterocycles. The highest BCUT2D eigenvalue weighted by atomic mass is 19.4. The number of benzene rings is 3. The average molecular weight is 405 g/mol. The number of nitro groups is 2. The fourth-order valence-electron chi connectivity index (χ4n) is 3.01. The summed E-state index contributed by atoms with van der Waals surface area (Å²) in [6.07, 6.45) is -4.75. The zero-order valence-corrected chi connectivity index (χ0v) is 14.9. The molecule has 10 heteroatoms. The molecule has 3 aromatic rings. The summed E-state index contributed by atoms with van der Waals surface area (Å²) in [5, 5.41) is 26.8. The van der Waals surface area contributed by atoms with Crippen molar-refractivity contribution in [2.75, 3.05) is 5.32 Å². The van der Waals surface area contributed by atoms with Gasteiger partial charge in [0.2, 0.25) is 0 Å². The predicted octanol–water partition coefficient (Wildman–Crippen LogP) is 6.07. The SMILES string of the molecule is CC(c1cc([N+](=O)[O-])cc([N+](=O)[O-])c1Nc1cccc2ccccc12)C(F)(F)F. The second-order valence-corrected chi connectivity index (χ2v) is 6.36. The van der Waals surface area contributed by atoms with Gasteiger partial charge in [0.15, 0.2) is 0 Å². The Morgan fingerprint density at radius 1 is 0.966 bits per heavy atom.